The lowest BCUT2D eigenvalue weighted by molar-refractivity contribution is 0.590. The monoisotopic (exact) mass is 1110 g/mol. The quantitative estimate of drug-likeness (QED) is 0.169. The Kier molecular flexibility index (Phi) is 9.82. The highest BCUT2D eigenvalue weighted by molar-refractivity contribution is 7.27. The second-order valence-electron chi connectivity index (χ2n) is 23.4. The molecule has 18 aromatic rings. The molecule has 5 nitrogen and oxygen atoms in total. The van der Waals surface area contributed by atoms with E-state index in [2.05, 4.69) is 288 Å². The Bertz CT molecular complexity index is 5480. The smallest absolute Gasteiger partial charge is 0.104 e. The van der Waals surface area contributed by atoms with Gasteiger partial charge in [-0.25, -0.2) is 0 Å². The third-order valence-electron chi connectivity index (χ3n) is 18.0. The third kappa shape index (κ3) is 6.36. The SMILES string of the molecule is CC(C)(C)c1ccc(-c2c(-n3c4ccccc4c4ccccc43)c(-n3c4ccccc4c4ccc5c6ccccc6sc5c43)c(C#N)c(-n3c4ccccc4c4ccc5c6ccccc6sc5c43)c2-n2c3ccccc3c3ccccc32)cc1. The van der Waals surface area contributed by atoms with E-state index in [0.717, 1.165) is 121 Å². The molecule has 0 aliphatic rings. The molecule has 394 valence electrons. The number of para-hydroxylation sites is 6. The lowest BCUT2D eigenvalue weighted by atomic mass is 9.85. The van der Waals surface area contributed by atoms with Crippen LogP contribution in [0.4, 0.5) is 0 Å². The van der Waals surface area contributed by atoms with E-state index in [1.807, 2.05) is 22.7 Å². The second kappa shape index (κ2) is 17.4. The van der Waals surface area contributed by atoms with Crippen LogP contribution in [-0.2, 0) is 5.41 Å². The van der Waals surface area contributed by atoms with Crippen LogP contribution >= 0.6 is 22.7 Å². The van der Waals surface area contributed by atoms with E-state index in [1.54, 1.807) is 0 Å². The van der Waals surface area contributed by atoms with Gasteiger partial charge in [0, 0.05) is 79.6 Å². The fraction of sp³-hybridized carbons (Fsp3) is 0.0519. The number of hydrogen-bond donors (Lipinski definition) is 0. The number of rotatable bonds is 5. The molecule has 0 spiro atoms. The highest BCUT2D eigenvalue weighted by atomic mass is 32.1. The van der Waals surface area contributed by atoms with Gasteiger partial charge < -0.3 is 18.3 Å². The van der Waals surface area contributed by atoms with E-state index in [1.165, 1.54) is 45.9 Å². The predicted octanol–water partition coefficient (Wildman–Crippen LogP) is 21.6. The summed E-state index contributed by atoms with van der Waals surface area (Å²) in [6.45, 7) is 6.88. The van der Waals surface area contributed by atoms with Crippen molar-refractivity contribution < 1.29 is 0 Å². The first-order chi connectivity index (χ1) is 41.3. The van der Waals surface area contributed by atoms with Crippen LogP contribution in [0.25, 0.3) is 161 Å². The lowest BCUT2D eigenvalue weighted by Crippen LogP contribution is -2.16. The molecule has 0 N–H and O–H groups in total. The molecule has 0 aliphatic carbocycles. The van der Waals surface area contributed by atoms with E-state index < -0.39 is 0 Å². The van der Waals surface area contributed by atoms with Crippen molar-refractivity contribution in [2.45, 2.75) is 26.2 Å². The minimum atomic E-state index is -0.123. The zero-order valence-electron chi connectivity index (χ0n) is 46.1. The summed E-state index contributed by atoms with van der Waals surface area (Å²) in [6.07, 6.45) is 0. The van der Waals surface area contributed by atoms with Crippen molar-refractivity contribution in [2.24, 2.45) is 0 Å². The average Bonchev–Trinajstić information content (AvgIpc) is 1.57. The lowest BCUT2D eigenvalue weighted by Gasteiger charge is -2.29. The number of hydrogen-bond acceptors (Lipinski definition) is 3. The highest BCUT2D eigenvalue weighted by Gasteiger charge is 2.36. The zero-order chi connectivity index (χ0) is 55.7. The molecule has 0 saturated heterocycles. The van der Waals surface area contributed by atoms with Crippen LogP contribution in [0.5, 0.6) is 0 Å². The molecule has 18 rings (SSSR count). The number of benzene rings is 12. The van der Waals surface area contributed by atoms with Crippen LogP contribution in [0.3, 0.4) is 0 Å². The standard InChI is InChI=1S/C77H49N5S2/c1-77(2,3)46-38-36-45(37-39-46)68-73(79-60-28-12-4-20-47(60)48-21-5-13-29-61(48)79)69(81-64-32-16-8-24-51(64)55-40-42-57-53-26-10-18-34-66(53)83-75(57)71(55)81)59(44-78)70(74(68)80-62-30-14-6-22-49(62)50-23-7-15-31-63(50)80)82-65-33-17-9-25-52(65)56-41-43-58-54-27-11-19-35-67(54)84-76(58)72(56)82/h4-43H,1-3H3. The molecular formula is C77H49N5S2. The van der Waals surface area contributed by atoms with Crippen molar-refractivity contribution in [3.63, 3.8) is 0 Å². The van der Waals surface area contributed by atoms with Crippen LogP contribution in [0, 0.1) is 11.3 Å². The average molecular weight is 1110 g/mol. The Morgan fingerprint density at radius 1 is 0.310 bits per heavy atom. The number of nitrogens with zero attached hydrogens (tertiary/aromatic N) is 5. The van der Waals surface area contributed by atoms with E-state index >= 15 is 0 Å². The van der Waals surface area contributed by atoms with Crippen molar-refractivity contribution in [1.82, 2.24) is 18.3 Å². The molecule has 7 heteroatoms. The van der Waals surface area contributed by atoms with Crippen molar-refractivity contribution in [3.8, 4) is 39.9 Å². The van der Waals surface area contributed by atoms with Crippen LogP contribution in [0.2, 0.25) is 0 Å². The van der Waals surface area contributed by atoms with Gasteiger partial charge in [0.05, 0.1) is 76.3 Å². The van der Waals surface area contributed by atoms with E-state index in [-0.39, 0.29) is 5.41 Å². The molecule has 6 aromatic heterocycles. The number of fused-ring (bicyclic) bond motifs is 20. The molecule has 84 heavy (non-hydrogen) atoms. The second-order valence-corrected chi connectivity index (χ2v) is 25.5. The first-order valence-corrected chi connectivity index (χ1v) is 30.4. The van der Waals surface area contributed by atoms with Crippen molar-refractivity contribution in [3.05, 3.63) is 254 Å². The van der Waals surface area contributed by atoms with Crippen LogP contribution in [0.15, 0.2) is 243 Å². The molecule has 0 radical (unpaired) electrons. The molecule has 0 atom stereocenters. The molecule has 0 unspecified atom stereocenters. The van der Waals surface area contributed by atoms with Crippen LogP contribution < -0.4 is 0 Å². The molecule has 6 heterocycles. The molecule has 0 aliphatic heterocycles. The van der Waals surface area contributed by atoms with Gasteiger partial charge in [0.25, 0.3) is 0 Å². The first kappa shape index (κ1) is 47.4. The third-order valence-corrected chi connectivity index (χ3v) is 20.3. The molecule has 12 aromatic carbocycles. The normalized spacial score (nSPS) is 12.5. The molecular weight excluding hydrogens is 1060 g/mol. The molecule has 0 bridgehead atoms. The fourth-order valence-electron chi connectivity index (χ4n) is 14.3. The maximum absolute atomic E-state index is 13.3. The van der Waals surface area contributed by atoms with Gasteiger partial charge in [-0.3, -0.25) is 0 Å². The Labute approximate surface area is 490 Å². The first-order valence-electron chi connectivity index (χ1n) is 28.7. The molecule has 0 amide bonds. The number of nitriles is 1. The summed E-state index contributed by atoms with van der Waals surface area (Å²) in [5.41, 5.74) is 15.6. The minimum absolute atomic E-state index is 0.123. The fourth-order valence-corrected chi connectivity index (χ4v) is 16.8. The molecule has 0 fully saturated rings. The summed E-state index contributed by atoms with van der Waals surface area (Å²) in [7, 11) is 0. The summed E-state index contributed by atoms with van der Waals surface area (Å²) in [4.78, 5) is 0. The molecule has 0 saturated carbocycles. The van der Waals surface area contributed by atoms with Gasteiger partial charge in [-0.05, 0) is 65.1 Å². The zero-order valence-corrected chi connectivity index (χ0v) is 47.8. The summed E-state index contributed by atoms with van der Waals surface area (Å²) in [5, 5.41) is 27.2. The van der Waals surface area contributed by atoms with E-state index in [9.17, 15) is 5.26 Å². The number of thiophene rings is 2. The highest BCUT2D eigenvalue weighted by Crippen LogP contribution is 2.54. The van der Waals surface area contributed by atoms with E-state index in [0.29, 0.717) is 5.56 Å². The van der Waals surface area contributed by atoms with Gasteiger partial charge in [-0.2, -0.15) is 5.26 Å². The predicted molar refractivity (Wildman–Crippen MR) is 358 cm³/mol. The van der Waals surface area contributed by atoms with Crippen LogP contribution in [0.1, 0.15) is 31.9 Å². The topological polar surface area (TPSA) is 43.5 Å². The van der Waals surface area contributed by atoms with Gasteiger partial charge in [-0.15, -0.1) is 22.7 Å². The van der Waals surface area contributed by atoms with Crippen LogP contribution in [-0.4, -0.2) is 18.3 Å². The Balaban J connectivity index is 1.20. The summed E-state index contributed by atoms with van der Waals surface area (Å²) in [5.74, 6) is 0. The largest absolute Gasteiger partial charge is 0.306 e. The summed E-state index contributed by atoms with van der Waals surface area (Å²) >= 11 is 3.67. The summed E-state index contributed by atoms with van der Waals surface area (Å²) < 4.78 is 14.8. The van der Waals surface area contributed by atoms with Gasteiger partial charge in [0.2, 0.25) is 0 Å². The van der Waals surface area contributed by atoms with Crippen molar-refractivity contribution in [2.75, 3.05) is 0 Å². The maximum atomic E-state index is 13.3. The summed E-state index contributed by atoms with van der Waals surface area (Å²) in [6, 6.07) is 92.6. The van der Waals surface area contributed by atoms with Gasteiger partial charge >= 0.3 is 0 Å². The Hall–Kier alpha value is -10.2. The Morgan fingerprint density at radius 2 is 0.619 bits per heavy atom. The van der Waals surface area contributed by atoms with Gasteiger partial charge in [-0.1, -0.05) is 215 Å². The number of aromatic nitrogens is 4. The van der Waals surface area contributed by atoms with E-state index in [4.69, 9.17) is 0 Å². The van der Waals surface area contributed by atoms with Crippen molar-refractivity contribution >= 4 is 150 Å². The minimum Gasteiger partial charge on any atom is -0.306 e. The maximum Gasteiger partial charge on any atom is 0.104 e. The van der Waals surface area contributed by atoms with Gasteiger partial charge in [0.15, 0.2) is 0 Å². The van der Waals surface area contributed by atoms with Gasteiger partial charge in [0.1, 0.15) is 11.6 Å². The Morgan fingerprint density at radius 3 is 0.976 bits per heavy atom. The van der Waals surface area contributed by atoms with Crippen molar-refractivity contribution in [1.29, 1.82) is 5.26 Å².